The van der Waals surface area contributed by atoms with Crippen LogP contribution in [0.1, 0.15) is 59.3 Å². The van der Waals surface area contributed by atoms with Crippen LogP contribution in [0.3, 0.4) is 0 Å². The van der Waals surface area contributed by atoms with Crippen LogP contribution >= 0.6 is 0 Å². The zero-order valence-electron chi connectivity index (χ0n) is 11.6. The fourth-order valence-corrected chi connectivity index (χ4v) is 2.51. The van der Waals surface area contributed by atoms with Crippen LogP contribution in [0.15, 0.2) is 0 Å². The maximum atomic E-state index is 11.6. The summed E-state index contributed by atoms with van der Waals surface area (Å²) < 4.78 is 0. The first-order chi connectivity index (χ1) is 7.87. The second-order valence-corrected chi connectivity index (χ2v) is 6.43. The van der Waals surface area contributed by atoms with Gasteiger partial charge in [0.2, 0.25) is 5.91 Å². The Labute approximate surface area is 106 Å². The topological polar surface area (TPSA) is 55.1 Å². The minimum absolute atomic E-state index is 0.0849. The van der Waals surface area contributed by atoms with Crippen LogP contribution in [-0.2, 0) is 4.79 Å². The smallest absolute Gasteiger partial charge is 0.221 e. The predicted octanol–water partition coefficient (Wildman–Crippen LogP) is 2.45. The van der Waals surface area contributed by atoms with Crippen LogP contribution in [0.5, 0.6) is 0 Å². The summed E-state index contributed by atoms with van der Waals surface area (Å²) in [5, 5.41) is 2.98. The summed E-state index contributed by atoms with van der Waals surface area (Å²) in [6.45, 7) is 6.92. The van der Waals surface area contributed by atoms with E-state index in [1.807, 2.05) is 13.8 Å². The van der Waals surface area contributed by atoms with Gasteiger partial charge in [0.1, 0.15) is 0 Å². The molecule has 0 aromatic carbocycles. The van der Waals surface area contributed by atoms with E-state index in [2.05, 4.69) is 12.2 Å². The Balaban J connectivity index is 2.09. The summed E-state index contributed by atoms with van der Waals surface area (Å²) in [7, 11) is 0. The lowest BCUT2D eigenvalue weighted by Crippen LogP contribution is -2.39. The monoisotopic (exact) mass is 240 g/mol. The Bertz CT molecular complexity index is 237. The highest BCUT2D eigenvalue weighted by Gasteiger charge is 2.19. The van der Waals surface area contributed by atoms with Crippen LogP contribution in [0.2, 0.25) is 0 Å². The second kappa shape index (κ2) is 6.39. The normalized spacial score (nSPS) is 25.6. The maximum Gasteiger partial charge on any atom is 0.221 e. The van der Waals surface area contributed by atoms with Gasteiger partial charge in [0.25, 0.3) is 0 Å². The summed E-state index contributed by atoms with van der Waals surface area (Å²) in [5.41, 5.74) is 5.41. The third-order valence-electron chi connectivity index (χ3n) is 3.63. The van der Waals surface area contributed by atoms with Gasteiger partial charge in [-0.25, -0.2) is 0 Å². The molecule has 1 aliphatic carbocycles. The number of carbonyl (C=O) groups excluding carboxylic acids is 1. The van der Waals surface area contributed by atoms with Crippen LogP contribution < -0.4 is 11.1 Å². The molecule has 0 heterocycles. The molecule has 0 spiro atoms. The molecule has 0 radical (unpaired) electrons. The number of nitrogens with two attached hydrogens (primary N) is 1. The molecule has 0 aliphatic heterocycles. The lowest BCUT2D eigenvalue weighted by molar-refractivity contribution is -0.122. The number of hydrogen-bond acceptors (Lipinski definition) is 2. The highest BCUT2D eigenvalue weighted by atomic mass is 16.1. The molecule has 3 nitrogen and oxygen atoms in total. The van der Waals surface area contributed by atoms with Crippen LogP contribution in [0.4, 0.5) is 0 Å². The van der Waals surface area contributed by atoms with Gasteiger partial charge in [0.15, 0.2) is 0 Å². The molecule has 17 heavy (non-hydrogen) atoms. The van der Waals surface area contributed by atoms with E-state index in [0.29, 0.717) is 6.42 Å². The minimum atomic E-state index is -0.398. The standard InChI is InChI=1S/C14H28N2O/c1-11-4-6-12(7-5-11)8-9-16-13(17)10-14(2,3)15/h11-12H,4-10,15H2,1-3H3,(H,16,17). The predicted molar refractivity (Wildman–Crippen MR) is 71.6 cm³/mol. The fourth-order valence-electron chi connectivity index (χ4n) is 2.51. The summed E-state index contributed by atoms with van der Waals surface area (Å²) in [6.07, 6.45) is 6.92. The zero-order chi connectivity index (χ0) is 12.9. The number of amides is 1. The largest absolute Gasteiger partial charge is 0.356 e. The molecule has 3 N–H and O–H groups in total. The summed E-state index contributed by atoms with van der Waals surface area (Å²) >= 11 is 0. The quantitative estimate of drug-likeness (QED) is 0.775. The number of nitrogens with one attached hydrogen (secondary N) is 1. The van der Waals surface area contributed by atoms with E-state index in [1.165, 1.54) is 25.7 Å². The average Bonchev–Trinajstić information content (AvgIpc) is 2.18. The van der Waals surface area contributed by atoms with Crippen molar-refractivity contribution in [3.8, 4) is 0 Å². The molecule has 0 unspecified atom stereocenters. The molecule has 1 rings (SSSR count). The van der Waals surface area contributed by atoms with Gasteiger partial charge in [-0.1, -0.05) is 32.6 Å². The number of carbonyl (C=O) groups is 1. The zero-order valence-corrected chi connectivity index (χ0v) is 11.6. The first-order valence-corrected chi connectivity index (χ1v) is 6.92. The first-order valence-electron chi connectivity index (χ1n) is 6.92. The highest BCUT2D eigenvalue weighted by molar-refractivity contribution is 5.76. The Morgan fingerprint density at radius 2 is 1.88 bits per heavy atom. The summed E-state index contributed by atoms with van der Waals surface area (Å²) in [4.78, 5) is 11.6. The first kappa shape index (κ1) is 14.5. The Morgan fingerprint density at radius 1 is 1.29 bits per heavy atom. The van der Waals surface area contributed by atoms with Crippen molar-refractivity contribution >= 4 is 5.91 Å². The Morgan fingerprint density at radius 3 is 2.41 bits per heavy atom. The van der Waals surface area contributed by atoms with E-state index in [9.17, 15) is 4.79 Å². The molecule has 0 saturated heterocycles. The maximum absolute atomic E-state index is 11.6. The van der Waals surface area contributed by atoms with Gasteiger partial charge in [-0.2, -0.15) is 0 Å². The molecule has 1 saturated carbocycles. The molecule has 1 fully saturated rings. The van der Waals surface area contributed by atoms with Crippen LogP contribution in [-0.4, -0.2) is 18.0 Å². The van der Waals surface area contributed by atoms with E-state index < -0.39 is 5.54 Å². The molecule has 0 aromatic heterocycles. The Hall–Kier alpha value is -0.570. The van der Waals surface area contributed by atoms with Crippen molar-refractivity contribution in [3.63, 3.8) is 0 Å². The van der Waals surface area contributed by atoms with Crippen molar-refractivity contribution in [2.24, 2.45) is 17.6 Å². The molecular formula is C14H28N2O. The van der Waals surface area contributed by atoms with E-state index in [0.717, 1.165) is 24.8 Å². The van der Waals surface area contributed by atoms with E-state index in [-0.39, 0.29) is 5.91 Å². The molecule has 0 aromatic rings. The molecule has 3 heteroatoms. The summed E-state index contributed by atoms with van der Waals surface area (Å²) in [5.74, 6) is 1.80. The van der Waals surface area contributed by atoms with Gasteiger partial charge in [-0.3, -0.25) is 4.79 Å². The third-order valence-corrected chi connectivity index (χ3v) is 3.63. The van der Waals surface area contributed by atoms with Crippen molar-refractivity contribution in [2.75, 3.05) is 6.54 Å². The van der Waals surface area contributed by atoms with Crippen LogP contribution in [0, 0.1) is 11.8 Å². The van der Waals surface area contributed by atoms with Gasteiger partial charge in [-0.15, -0.1) is 0 Å². The summed E-state index contributed by atoms with van der Waals surface area (Å²) in [6, 6.07) is 0. The van der Waals surface area contributed by atoms with Gasteiger partial charge in [0, 0.05) is 18.5 Å². The second-order valence-electron chi connectivity index (χ2n) is 6.43. The fraction of sp³-hybridized carbons (Fsp3) is 0.929. The van der Waals surface area contributed by atoms with Crippen molar-refractivity contribution in [2.45, 2.75) is 64.8 Å². The lowest BCUT2D eigenvalue weighted by atomic mass is 9.81. The highest BCUT2D eigenvalue weighted by Crippen LogP contribution is 2.29. The van der Waals surface area contributed by atoms with Crippen molar-refractivity contribution < 1.29 is 4.79 Å². The van der Waals surface area contributed by atoms with Gasteiger partial charge in [0.05, 0.1) is 0 Å². The van der Waals surface area contributed by atoms with E-state index in [4.69, 9.17) is 5.73 Å². The van der Waals surface area contributed by atoms with Crippen molar-refractivity contribution in [1.82, 2.24) is 5.32 Å². The average molecular weight is 240 g/mol. The number of hydrogen-bond donors (Lipinski definition) is 2. The molecule has 100 valence electrons. The van der Waals surface area contributed by atoms with E-state index in [1.54, 1.807) is 0 Å². The van der Waals surface area contributed by atoms with Crippen molar-refractivity contribution in [1.29, 1.82) is 0 Å². The number of rotatable bonds is 5. The Kier molecular flexibility index (Phi) is 5.44. The lowest BCUT2D eigenvalue weighted by Gasteiger charge is -2.26. The van der Waals surface area contributed by atoms with Crippen LogP contribution in [0.25, 0.3) is 0 Å². The van der Waals surface area contributed by atoms with Gasteiger partial charge in [-0.05, 0) is 32.1 Å². The minimum Gasteiger partial charge on any atom is -0.356 e. The molecule has 0 bridgehead atoms. The molecule has 0 atom stereocenters. The van der Waals surface area contributed by atoms with Gasteiger partial charge < -0.3 is 11.1 Å². The molecule has 1 amide bonds. The molecule has 1 aliphatic rings. The van der Waals surface area contributed by atoms with Gasteiger partial charge >= 0.3 is 0 Å². The van der Waals surface area contributed by atoms with Crippen molar-refractivity contribution in [3.05, 3.63) is 0 Å². The SMILES string of the molecule is CC1CCC(CCNC(=O)CC(C)(C)N)CC1. The third kappa shape index (κ3) is 6.67. The molecular weight excluding hydrogens is 212 g/mol. The van der Waals surface area contributed by atoms with E-state index >= 15 is 0 Å².